The Kier molecular flexibility index (Phi) is 5.28. The molecular weight excluding hydrogens is 316 g/mol. The number of carbonyl (C=O) groups excluding carboxylic acids is 2. The molecule has 3 rings (SSSR count). The van der Waals surface area contributed by atoms with Gasteiger partial charge in [0.05, 0.1) is 12.2 Å². The van der Waals surface area contributed by atoms with Gasteiger partial charge in [-0.15, -0.1) is 0 Å². The van der Waals surface area contributed by atoms with Gasteiger partial charge in [0.25, 0.3) is 5.91 Å². The molecule has 1 fully saturated rings. The van der Waals surface area contributed by atoms with Gasteiger partial charge in [0.15, 0.2) is 0 Å². The van der Waals surface area contributed by atoms with E-state index in [2.05, 4.69) is 27.0 Å². The molecule has 2 aromatic rings. The molecule has 1 aliphatic rings. The second kappa shape index (κ2) is 7.79. The molecule has 0 spiro atoms. The second-order valence-electron chi connectivity index (χ2n) is 6.17. The Balaban J connectivity index is 1.45. The van der Waals surface area contributed by atoms with Crippen LogP contribution in [0.2, 0.25) is 0 Å². The molecule has 3 amide bonds. The van der Waals surface area contributed by atoms with E-state index in [4.69, 9.17) is 0 Å². The van der Waals surface area contributed by atoms with Gasteiger partial charge in [-0.3, -0.25) is 9.78 Å². The number of amides is 3. The van der Waals surface area contributed by atoms with Crippen LogP contribution in [0.4, 0.5) is 4.79 Å². The van der Waals surface area contributed by atoms with Gasteiger partial charge in [-0.1, -0.05) is 12.1 Å². The summed E-state index contributed by atoms with van der Waals surface area (Å²) in [5.41, 5.74) is 3.70. The molecule has 1 saturated carbocycles. The van der Waals surface area contributed by atoms with Crippen molar-refractivity contribution in [1.82, 2.24) is 20.9 Å². The predicted molar refractivity (Wildman–Crippen MR) is 95.1 cm³/mol. The molecule has 0 aliphatic heterocycles. The molecule has 0 unspecified atom stereocenters. The van der Waals surface area contributed by atoms with Crippen molar-refractivity contribution in [2.45, 2.75) is 31.8 Å². The van der Waals surface area contributed by atoms with Crippen molar-refractivity contribution < 1.29 is 9.59 Å². The first kappa shape index (κ1) is 17.0. The minimum atomic E-state index is -0.242. The van der Waals surface area contributed by atoms with Gasteiger partial charge in [-0.25, -0.2) is 4.79 Å². The lowest BCUT2D eigenvalue weighted by atomic mass is 10.1. The number of nitrogens with zero attached hydrogens (tertiary/aromatic N) is 1. The number of rotatable bonds is 6. The summed E-state index contributed by atoms with van der Waals surface area (Å²) in [6.07, 6.45) is 4.29. The molecule has 130 valence electrons. The van der Waals surface area contributed by atoms with Crippen LogP contribution in [0.3, 0.4) is 0 Å². The van der Waals surface area contributed by atoms with E-state index in [9.17, 15) is 9.59 Å². The molecule has 1 aliphatic carbocycles. The third kappa shape index (κ3) is 4.79. The summed E-state index contributed by atoms with van der Waals surface area (Å²) < 4.78 is 0. The fourth-order valence-corrected chi connectivity index (χ4v) is 2.60. The summed E-state index contributed by atoms with van der Waals surface area (Å²) in [5, 5.41) is 8.19. The van der Waals surface area contributed by atoms with Crippen LogP contribution >= 0.6 is 0 Å². The van der Waals surface area contributed by atoms with Gasteiger partial charge in [0, 0.05) is 25.4 Å². The standard InChI is InChI=1S/C19H22N4O2/c1-20-18(24)15-4-2-13(3-5-15)11-22-19(25)23-12-17-10-16(8-9-21-17)14-6-7-14/h2-5,8-10,14H,6-7,11-12H2,1H3,(H,20,24)(H2,22,23,25). The molecule has 1 aromatic heterocycles. The van der Waals surface area contributed by atoms with Crippen molar-refractivity contribution in [2.75, 3.05) is 7.05 Å². The maximum Gasteiger partial charge on any atom is 0.315 e. The SMILES string of the molecule is CNC(=O)c1ccc(CNC(=O)NCc2cc(C3CC3)ccn2)cc1. The monoisotopic (exact) mass is 338 g/mol. The van der Waals surface area contributed by atoms with Crippen molar-refractivity contribution in [1.29, 1.82) is 0 Å². The molecule has 3 N–H and O–H groups in total. The Bertz CT molecular complexity index is 754. The molecule has 0 bridgehead atoms. The number of nitrogens with one attached hydrogen (secondary N) is 3. The number of hydrogen-bond acceptors (Lipinski definition) is 3. The smallest absolute Gasteiger partial charge is 0.315 e. The Morgan fingerprint density at radius 2 is 1.80 bits per heavy atom. The van der Waals surface area contributed by atoms with Crippen molar-refractivity contribution in [3.05, 3.63) is 65.0 Å². The van der Waals surface area contributed by atoms with Crippen LogP contribution in [0.25, 0.3) is 0 Å². The van der Waals surface area contributed by atoms with E-state index >= 15 is 0 Å². The lowest BCUT2D eigenvalue weighted by Gasteiger charge is -2.09. The van der Waals surface area contributed by atoms with Gasteiger partial charge >= 0.3 is 6.03 Å². The first-order valence-electron chi connectivity index (χ1n) is 8.43. The van der Waals surface area contributed by atoms with E-state index in [1.165, 1.54) is 18.4 Å². The van der Waals surface area contributed by atoms with Gasteiger partial charge in [0.1, 0.15) is 0 Å². The maximum atomic E-state index is 11.9. The minimum Gasteiger partial charge on any atom is -0.355 e. The van der Waals surface area contributed by atoms with E-state index in [0.29, 0.717) is 24.6 Å². The Labute approximate surface area is 147 Å². The normalized spacial score (nSPS) is 13.2. The van der Waals surface area contributed by atoms with Crippen molar-refractivity contribution in [3.63, 3.8) is 0 Å². The minimum absolute atomic E-state index is 0.127. The van der Waals surface area contributed by atoms with Crippen LogP contribution in [-0.2, 0) is 13.1 Å². The highest BCUT2D eigenvalue weighted by molar-refractivity contribution is 5.93. The molecule has 6 nitrogen and oxygen atoms in total. The van der Waals surface area contributed by atoms with Crippen LogP contribution < -0.4 is 16.0 Å². The highest BCUT2D eigenvalue weighted by Crippen LogP contribution is 2.39. The lowest BCUT2D eigenvalue weighted by Crippen LogP contribution is -2.34. The molecule has 0 radical (unpaired) electrons. The molecule has 6 heteroatoms. The molecule has 0 saturated heterocycles. The van der Waals surface area contributed by atoms with Crippen LogP contribution in [0.1, 0.15) is 45.9 Å². The number of hydrogen-bond donors (Lipinski definition) is 3. The third-order valence-corrected chi connectivity index (χ3v) is 4.22. The molecule has 25 heavy (non-hydrogen) atoms. The highest BCUT2D eigenvalue weighted by atomic mass is 16.2. The molecule has 0 atom stereocenters. The first-order valence-corrected chi connectivity index (χ1v) is 8.43. The number of benzene rings is 1. The Morgan fingerprint density at radius 1 is 1.08 bits per heavy atom. The van der Waals surface area contributed by atoms with E-state index in [1.807, 2.05) is 18.2 Å². The van der Waals surface area contributed by atoms with Gasteiger partial charge < -0.3 is 16.0 Å². The number of carbonyl (C=O) groups is 2. The highest BCUT2D eigenvalue weighted by Gasteiger charge is 2.23. The van der Waals surface area contributed by atoms with Crippen LogP contribution in [-0.4, -0.2) is 24.0 Å². The van der Waals surface area contributed by atoms with Gasteiger partial charge in [-0.2, -0.15) is 0 Å². The second-order valence-corrected chi connectivity index (χ2v) is 6.17. The number of urea groups is 1. The zero-order valence-electron chi connectivity index (χ0n) is 14.2. The molecular formula is C19H22N4O2. The average molecular weight is 338 g/mol. The van der Waals surface area contributed by atoms with Crippen molar-refractivity contribution >= 4 is 11.9 Å². The summed E-state index contributed by atoms with van der Waals surface area (Å²) in [7, 11) is 1.59. The van der Waals surface area contributed by atoms with Crippen molar-refractivity contribution in [3.8, 4) is 0 Å². The fraction of sp³-hybridized carbons (Fsp3) is 0.316. The van der Waals surface area contributed by atoms with Gasteiger partial charge in [0.2, 0.25) is 0 Å². The largest absolute Gasteiger partial charge is 0.355 e. The van der Waals surface area contributed by atoms with E-state index < -0.39 is 0 Å². The number of aromatic nitrogens is 1. The topological polar surface area (TPSA) is 83.1 Å². The average Bonchev–Trinajstić information content (AvgIpc) is 3.50. The van der Waals surface area contributed by atoms with Crippen LogP contribution in [0, 0.1) is 0 Å². The lowest BCUT2D eigenvalue weighted by molar-refractivity contribution is 0.0963. The summed E-state index contributed by atoms with van der Waals surface area (Å²) >= 11 is 0. The summed E-state index contributed by atoms with van der Waals surface area (Å²) in [6.45, 7) is 0.803. The zero-order chi connectivity index (χ0) is 17.6. The van der Waals surface area contributed by atoms with Crippen molar-refractivity contribution in [2.24, 2.45) is 0 Å². The van der Waals surface area contributed by atoms with E-state index in [-0.39, 0.29) is 11.9 Å². The first-order chi connectivity index (χ1) is 12.2. The molecule has 1 heterocycles. The quantitative estimate of drug-likeness (QED) is 0.756. The third-order valence-electron chi connectivity index (χ3n) is 4.22. The van der Waals surface area contributed by atoms with Crippen LogP contribution in [0.15, 0.2) is 42.6 Å². The predicted octanol–water partition coefficient (Wildman–Crippen LogP) is 2.32. The Morgan fingerprint density at radius 3 is 2.48 bits per heavy atom. The fourth-order valence-electron chi connectivity index (χ4n) is 2.60. The van der Waals surface area contributed by atoms with Crippen LogP contribution in [0.5, 0.6) is 0 Å². The Hall–Kier alpha value is -2.89. The summed E-state index contributed by atoms with van der Waals surface area (Å²) in [4.78, 5) is 27.7. The summed E-state index contributed by atoms with van der Waals surface area (Å²) in [5.74, 6) is 0.548. The van der Waals surface area contributed by atoms with Gasteiger partial charge in [-0.05, 0) is 54.2 Å². The van der Waals surface area contributed by atoms with E-state index in [1.54, 1.807) is 25.4 Å². The zero-order valence-corrected chi connectivity index (χ0v) is 14.2. The molecule has 1 aromatic carbocycles. The summed E-state index contributed by atoms with van der Waals surface area (Å²) in [6, 6.07) is 11.0. The number of pyridine rings is 1. The maximum absolute atomic E-state index is 11.9. The van der Waals surface area contributed by atoms with E-state index in [0.717, 1.165) is 11.3 Å².